The predicted molar refractivity (Wildman–Crippen MR) is 120 cm³/mol. The molecule has 1 amide bonds. The number of fused-ring (bicyclic) bond motifs is 1. The van der Waals surface area contributed by atoms with Crippen molar-refractivity contribution in [2.75, 3.05) is 11.9 Å². The molecule has 30 heavy (non-hydrogen) atoms. The van der Waals surface area contributed by atoms with Crippen molar-refractivity contribution in [3.63, 3.8) is 0 Å². The van der Waals surface area contributed by atoms with Gasteiger partial charge in [0, 0.05) is 35.0 Å². The van der Waals surface area contributed by atoms with Gasteiger partial charge in [0.15, 0.2) is 0 Å². The Labute approximate surface area is 181 Å². The Hall–Kier alpha value is -2.48. The number of anilines is 1. The monoisotopic (exact) mass is 440 g/mol. The Kier molecular flexibility index (Phi) is 6.04. The average molecular weight is 441 g/mol. The molecule has 0 aliphatic carbocycles. The second kappa shape index (κ2) is 8.71. The van der Waals surface area contributed by atoms with E-state index in [0.717, 1.165) is 20.9 Å². The van der Waals surface area contributed by atoms with Gasteiger partial charge in [-0.1, -0.05) is 30.3 Å². The van der Waals surface area contributed by atoms with E-state index < -0.39 is 10.0 Å². The summed E-state index contributed by atoms with van der Waals surface area (Å²) < 4.78 is 28.7. The first-order valence-electron chi connectivity index (χ1n) is 9.94. The molecule has 7 heteroatoms. The van der Waals surface area contributed by atoms with Gasteiger partial charge in [-0.05, 0) is 61.2 Å². The highest BCUT2D eigenvalue weighted by molar-refractivity contribution is 7.89. The molecule has 156 valence electrons. The topological polar surface area (TPSA) is 66.5 Å². The van der Waals surface area contributed by atoms with E-state index in [4.69, 9.17) is 0 Å². The summed E-state index contributed by atoms with van der Waals surface area (Å²) in [7, 11) is -3.68. The molecular weight excluding hydrogens is 416 g/mol. The predicted octanol–water partition coefficient (Wildman–Crippen LogP) is 4.37. The first-order chi connectivity index (χ1) is 14.4. The summed E-state index contributed by atoms with van der Waals surface area (Å²) >= 11 is 1.62. The second-order valence-electron chi connectivity index (χ2n) is 7.45. The van der Waals surface area contributed by atoms with Crippen LogP contribution in [0.3, 0.4) is 0 Å². The number of rotatable bonds is 7. The van der Waals surface area contributed by atoms with Gasteiger partial charge < -0.3 is 5.32 Å². The molecule has 5 nitrogen and oxygen atoms in total. The molecule has 1 aromatic heterocycles. The van der Waals surface area contributed by atoms with Gasteiger partial charge in [0.1, 0.15) is 0 Å². The minimum atomic E-state index is -3.68. The van der Waals surface area contributed by atoms with Crippen LogP contribution in [0, 0.1) is 6.92 Å². The van der Waals surface area contributed by atoms with E-state index in [0.29, 0.717) is 38.0 Å². The van der Waals surface area contributed by atoms with Crippen molar-refractivity contribution in [3.05, 3.63) is 81.5 Å². The van der Waals surface area contributed by atoms with E-state index >= 15 is 0 Å². The van der Waals surface area contributed by atoms with Gasteiger partial charge >= 0.3 is 0 Å². The van der Waals surface area contributed by atoms with E-state index in [1.54, 1.807) is 33.8 Å². The highest BCUT2D eigenvalue weighted by Gasteiger charge is 2.27. The van der Waals surface area contributed by atoms with Crippen LogP contribution >= 0.6 is 11.3 Å². The number of amides is 1. The Balaban J connectivity index is 1.63. The zero-order valence-corrected chi connectivity index (χ0v) is 18.4. The van der Waals surface area contributed by atoms with E-state index in [2.05, 4.69) is 5.32 Å². The van der Waals surface area contributed by atoms with Crippen molar-refractivity contribution in [2.24, 2.45) is 0 Å². The molecule has 4 rings (SSSR count). The average Bonchev–Trinajstić information content (AvgIpc) is 3.16. The molecule has 2 aromatic carbocycles. The fourth-order valence-corrected chi connectivity index (χ4v) is 6.05. The molecule has 0 radical (unpaired) electrons. The molecule has 3 aromatic rings. The maximum absolute atomic E-state index is 13.6. The van der Waals surface area contributed by atoms with Crippen molar-refractivity contribution < 1.29 is 13.2 Å². The zero-order valence-electron chi connectivity index (χ0n) is 16.8. The number of nitrogens with one attached hydrogen (secondary N) is 1. The zero-order chi connectivity index (χ0) is 21.1. The quantitative estimate of drug-likeness (QED) is 0.593. The van der Waals surface area contributed by atoms with Crippen LogP contribution < -0.4 is 5.32 Å². The number of carbonyl (C=O) groups excluding carboxylic acids is 1. The Morgan fingerprint density at radius 2 is 1.83 bits per heavy atom. The smallest absolute Gasteiger partial charge is 0.243 e. The molecule has 0 bridgehead atoms. The number of benzene rings is 2. The van der Waals surface area contributed by atoms with Gasteiger partial charge in [-0.2, -0.15) is 4.31 Å². The number of sulfonamides is 1. The molecule has 0 atom stereocenters. The number of aryl methyl sites for hydroxylation is 2. The Morgan fingerprint density at radius 1 is 1.03 bits per heavy atom. The van der Waals surface area contributed by atoms with Crippen LogP contribution in [0.5, 0.6) is 0 Å². The fourth-order valence-electron chi connectivity index (χ4n) is 3.60. The van der Waals surface area contributed by atoms with Crippen molar-refractivity contribution in [1.29, 1.82) is 0 Å². The van der Waals surface area contributed by atoms with E-state index in [1.165, 1.54) is 0 Å². The van der Waals surface area contributed by atoms with E-state index in [-0.39, 0.29) is 10.8 Å². The van der Waals surface area contributed by atoms with Gasteiger partial charge in [-0.15, -0.1) is 11.3 Å². The number of hydrogen-bond donors (Lipinski definition) is 1. The molecule has 0 unspecified atom stereocenters. The number of nitrogens with zero attached hydrogens (tertiary/aromatic N) is 1. The van der Waals surface area contributed by atoms with Crippen molar-refractivity contribution in [3.8, 4) is 0 Å². The minimum absolute atomic E-state index is 0.0318. The first-order valence-corrected chi connectivity index (χ1v) is 12.2. The highest BCUT2D eigenvalue weighted by atomic mass is 32.2. The van der Waals surface area contributed by atoms with Gasteiger partial charge in [0.2, 0.25) is 15.9 Å². The molecule has 1 aliphatic rings. The minimum Gasteiger partial charge on any atom is -0.326 e. The highest BCUT2D eigenvalue weighted by Crippen LogP contribution is 2.28. The van der Waals surface area contributed by atoms with Crippen LogP contribution in [-0.2, 0) is 34.2 Å². The summed E-state index contributed by atoms with van der Waals surface area (Å²) in [6, 6.07) is 18.9. The first kappa shape index (κ1) is 20.8. The summed E-state index contributed by atoms with van der Waals surface area (Å²) in [4.78, 5) is 14.1. The van der Waals surface area contributed by atoms with Crippen LogP contribution in [0.1, 0.15) is 27.3 Å². The summed E-state index contributed by atoms with van der Waals surface area (Å²) in [5, 5.41) is 2.81. The van der Waals surface area contributed by atoms with Crippen molar-refractivity contribution in [1.82, 2.24) is 4.31 Å². The van der Waals surface area contributed by atoms with E-state index in [9.17, 15) is 13.2 Å². The molecule has 0 spiro atoms. The van der Waals surface area contributed by atoms with E-state index in [1.807, 2.05) is 49.4 Å². The fraction of sp³-hybridized carbons (Fsp3) is 0.261. The van der Waals surface area contributed by atoms with Gasteiger partial charge in [-0.3, -0.25) is 4.79 Å². The molecule has 0 fully saturated rings. The van der Waals surface area contributed by atoms with Crippen LogP contribution in [-0.4, -0.2) is 25.2 Å². The molecule has 2 heterocycles. The summed E-state index contributed by atoms with van der Waals surface area (Å²) in [6.45, 7) is 2.77. The number of hydrogen-bond acceptors (Lipinski definition) is 4. The lowest BCUT2D eigenvalue weighted by atomic mass is 10.0. The molecule has 0 saturated carbocycles. The largest absolute Gasteiger partial charge is 0.326 e. The molecule has 1 aliphatic heterocycles. The van der Waals surface area contributed by atoms with Crippen molar-refractivity contribution >= 4 is 33.0 Å². The van der Waals surface area contributed by atoms with Crippen LogP contribution in [0.25, 0.3) is 0 Å². The molecule has 0 saturated heterocycles. The van der Waals surface area contributed by atoms with Gasteiger partial charge in [0.25, 0.3) is 0 Å². The van der Waals surface area contributed by atoms with Gasteiger partial charge in [-0.25, -0.2) is 8.42 Å². The Morgan fingerprint density at radius 3 is 2.57 bits per heavy atom. The molecule has 1 N–H and O–H groups in total. The summed E-state index contributed by atoms with van der Waals surface area (Å²) in [6.07, 6.45) is 1.58. The summed E-state index contributed by atoms with van der Waals surface area (Å²) in [5.74, 6) is -0.0318. The maximum atomic E-state index is 13.6. The standard InChI is InChI=1S/C23H24N2O3S2/c1-17-7-9-20(29-17)16-25(14-13-18-5-3-2-4-6-18)30(27,28)21-10-11-22-19(15-21)8-12-23(26)24-22/h2-7,9-11,15H,8,12-14,16H2,1H3,(H,24,26). The lowest BCUT2D eigenvalue weighted by Crippen LogP contribution is -2.32. The Bertz CT molecular complexity index is 1150. The van der Waals surface area contributed by atoms with Crippen LogP contribution in [0.15, 0.2) is 65.6 Å². The third-order valence-electron chi connectivity index (χ3n) is 5.23. The third kappa shape index (κ3) is 4.64. The summed E-state index contributed by atoms with van der Waals surface area (Å²) in [5.41, 5.74) is 2.67. The lowest BCUT2D eigenvalue weighted by Gasteiger charge is -2.23. The second-order valence-corrected chi connectivity index (χ2v) is 10.8. The lowest BCUT2D eigenvalue weighted by molar-refractivity contribution is -0.116. The van der Waals surface area contributed by atoms with Crippen LogP contribution in [0.2, 0.25) is 0 Å². The normalized spacial score (nSPS) is 13.9. The van der Waals surface area contributed by atoms with Crippen LogP contribution in [0.4, 0.5) is 5.69 Å². The molecular formula is C23H24N2O3S2. The number of carbonyl (C=O) groups is 1. The number of thiophene rings is 1. The SMILES string of the molecule is Cc1ccc(CN(CCc2ccccc2)S(=O)(=O)c2ccc3c(c2)CCC(=O)N3)s1. The van der Waals surface area contributed by atoms with Crippen molar-refractivity contribution in [2.45, 2.75) is 37.6 Å². The third-order valence-corrected chi connectivity index (χ3v) is 8.06. The van der Waals surface area contributed by atoms with Gasteiger partial charge in [0.05, 0.1) is 4.90 Å². The maximum Gasteiger partial charge on any atom is 0.243 e.